The molecule has 3 aromatic carbocycles. The molecule has 7 heteroatoms. The summed E-state index contributed by atoms with van der Waals surface area (Å²) in [5, 5.41) is 2.95. The summed E-state index contributed by atoms with van der Waals surface area (Å²) >= 11 is 0. The molecule has 1 saturated heterocycles. The van der Waals surface area contributed by atoms with Gasteiger partial charge in [-0.2, -0.15) is 0 Å². The number of fused-ring (bicyclic) bond motifs is 1. The first-order valence-electron chi connectivity index (χ1n) is 13.5. The van der Waals surface area contributed by atoms with Crippen molar-refractivity contribution in [2.24, 2.45) is 0 Å². The molecule has 1 fully saturated rings. The minimum Gasteiger partial charge on any atom is -0.485 e. The Morgan fingerprint density at radius 2 is 1.69 bits per heavy atom. The normalized spacial score (nSPS) is 17.1. The van der Waals surface area contributed by atoms with Crippen LogP contribution in [0.15, 0.2) is 97.2 Å². The lowest BCUT2D eigenvalue weighted by Gasteiger charge is -2.35. The number of anilines is 2. The van der Waals surface area contributed by atoms with Crippen LogP contribution in [-0.2, 0) is 11.2 Å². The number of pyridine rings is 1. The van der Waals surface area contributed by atoms with E-state index in [4.69, 9.17) is 9.47 Å². The van der Waals surface area contributed by atoms with Crippen LogP contribution in [0.3, 0.4) is 0 Å². The second kappa shape index (κ2) is 11.6. The monoisotopic (exact) mass is 520 g/mol. The van der Waals surface area contributed by atoms with Gasteiger partial charge in [-0.25, -0.2) is 4.98 Å². The number of benzene rings is 3. The Labute approximate surface area is 229 Å². The van der Waals surface area contributed by atoms with Crippen molar-refractivity contribution in [3.05, 3.63) is 108 Å². The van der Waals surface area contributed by atoms with Crippen LogP contribution in [0, 0.1) is 0 Å². The number of aromatic nitrogens is 1. The highest BCUT2D eigenvalue weighted by Gasteiger charge is 2.22. The van der Waals surface area contributed by atoms with Gasteiger partial charge in [0.25, 0.3) is 0 Å². The van der Waals surface area contributed by atoms with Gasteiger partial charge in [-0.15, -0.1) is 0 Å². The molecular weight excluding hydrogens is 488 g/mol. The van der Waals surface area contributed by atoms with Crippen molar-refractivity contribution in [1.82, 2.24) is 9.88 Å². The third kappa shape index (κ3) is 6.21. The van der Waals surface area contributed by atoms with Gasteiger partial charge in [0.15, 0.2) is 0 Å². The van der Waals surface area contributed by atoms with Gasteiger partial charge in [0, 0.05) is 37.9 Å². The molecule has 0 spiro atoms. The highest BCUT2D eigenvalue weighted by atomic mass is 16.5. The lowest BCUT2D eigenvalue weighted by Crippen LogP contribution is -2.48. The van der Waals surface area contributed by atoms with Crippen LogP contribution in [0.5, 0.6) is 17.4 Å². The molecule has 0 bridgehead atoms. The molecule has 6 rings (SSSR count). The number of amides is 1. The summed E-state index contributed by atoms with van der Waals surface area (Å²) in [4.78, 5) is 21.6. The predicted molar refractivity (Wildman–Crippen MR) is 153 cm³/mol. The molecule has 1 N–H and O–H groups in total. The van der Waals surface area contributed by atoms with E-state index in [2.05, 4.69) is 56.5 Å². The van der Waals surface area contributed by atoms with Crippen molar-refractivity contribution in [3.63, 3.8) is 0 Å². The number of rotatable bonds is 7. The Morgan fingerprint density at radius 1 is 0.923 bits per heavy atom. The maximum absolute atomic E-state index is 12.6. The van der Waals surface area contributed by atoms with E-state index in [-0.39, 0.29) is 12.0 Å². The molecule has 2 aliphatic heterocycles. The highest BCUT2D eigenvalue weighted by Crippen LogP contribution is 2.37. The topological polar surface area (TPSA) is 66.9 Å². The second-order valence-electron chi connectivity index (χ2n) is 9.96. The summed E-state index contributed by atoms with van der Waals surface area (Å²) < 4.78 is 12.2. The number of hydrogen-bond acceptors (Lipinski definition) is 6. The quantitative estimate of drug-likeness (QED) is 0.337. The summed E-state index contributed by atoms with van der Waals surface area (Å²) in [6.45, 7) is 3.89. The molecule has 4 aromatic rings. The summed E-state index contributed by atoms with van der Waals surface area (Å²) in [6.07, 6.45) is 3.56. The molecule has 0 aliphatic carbocycles. The molecule has 0 radical (unpaired) electrons. The van der Waals surface area contributed by atoms with Crippen LogP contribution < -0.4 is 19.7 Å². The van der Waals surface area contributed by atoms with Gasteiger partial charge in [0.05, 0.1) is 18.4 Å². The lowest BCUT2D eigenvalue weighted by atomic mass is 9.97. The molecule has 39 heavy (non-hydrogen) atoms. The van der Waals surface area contributed by atoms with E-state index in [1.54, 1.807) is 12.3 Å². The van der Waals surface area contributed by atoms with Gasteiger partial charge in [-0.1, -0.05) is 48.5 Å². The van der Waals surface area contributed by atoms with E-state index in [1.807, 2.05) is 48.5 Å². The number of nitrogens with zero attached hydrogens (tertiary/aromatic N) is 3. The molecule has 1 amide bonds. The number of ether oxygens (including phenoxy) is 2. The van der Waals surface area contributed by atoms with E-state index < -0.39 is 0 Å². The van der Waals surface area contributed by atoms with E-state index in [0.717, 1.165) is 56.1 Å². The van der Waals surface area contributed by atoms with Gasteiger partial charge < -0.3 is 19.7 Å². The van der Waals surface area contributed by atoms with E-state index in [9.17, 15) is 4.79 Å². The number of para-hydroxylation sites is 1. The zero-order valence-electron chi connectivity index (χ0n) is 21.8. The number of nitrogens with one attached hydrogen (secondary N) is 1. The number of hydrogen-bond donors (Lipinski definition) is 1. The molecule has 0 saturated carbocycles. The van der Waals surface area contributed by atoms with Gasteiger partial charge in [0.1, 0.15) is 17.6 Å². The fourth-order valence-corrected chi connectivity index (χ4v) is 5.17. The van der Waals surface area contributed by atoms with E-state index in [1.165, 1.54) is 11.3 Å². The van der Waals surface area contributed by atoms with Crippen LogP contribution in [0.4, 0.5) is 11.4 Å². The largest absolute Gasteiger partial charge is 0.485 e. The van der Waals surface area contributed by atoms with Crippen LogP contribution in [0.2, 0.25) is 0 Å². The van der Waals surface area contributed by atoms with Gasteiger partial charge in [0.2, 0.25) is 11.8 Å². The molecule has 1 atom stereocenters. The molecule has 198 valence electrons. The molecule has 7 nitrogen and oxygen atoms in total. The van der Waals surface area contributed by atoms with Crippen LogP contribution in [-0.4, -0.2) is 48.5 Å². The minimum atomic E-state index is -0.0397. The van der Waals surface area contributed by atoms with Crippen molar-refractivity contribution in [2.75, 3.05) is 42.9 Å². The summed E-state index contributed by atoms with van der Waals surface area (Å²) in [7, 11) is 0. The van der Waals surface area contributed by atoms with Crippen molar-refractivity contribution in [1.29, 1.82) is 0 Å². The Balaban J connectivity index is 0.985. The van der Waals surface area contributed by atoms with Gasteiger partial charge in [-0.3, -0.25) is 9.69 Å². The number of aryl methyl sites for hydroxylation is 1. The maximum atomic E-state index is 12.6. The average molecular weight is 521 g/mol. The number of piperazine rings is 1. The lowest BCUT2D eigenvalue weighted by molar-refractivity contribution is -0.117. The zero-order valence-corrected chi connectivity index (χ0v) is 21.8. The Hall–Kier alpha value is -4.36. The predicted octanol–water partition coefficient (Wildman–Crippen LogP) is 5.70. The summed E-state index contributed by atoms with van der Waals surface area (Å²) in [6, 6.07) is 30.2. The first-order chi connectivity index (χ1) is 19.2. The van der Waals surface area contributed by atoms with E-state index >= 15 is 0 Å². The van der Waals surface area contributed by atoms with Crippen molar-refractivity contribution >= 4 is 17.3 Å². The second-order valence-corrected chi connectivity index (χ2v) is 9.96. The fourth-order valence-electron chi connectivity index (χ4n) is 5.17. The number of carbonyl (C=O) groups excluding carboxylic acids is 1. The third-order valence-corrected chi connectivity index (χ3v) is 7.25. The first-order valence-corrected chi connectivity index (χ1v) is 13.5. The van der Waals surface area contributed by atoms with Crippen LogP contribution >= 0.6 is 0 Å². The van der Waals surface area contributed by atoms with Gasteiger partial charge in [-0.05, 0) is 60.4 Å². The third-order valence-electron chi connectivity index (χ3n) is 7.25. The highest BCUT2D eigenvalue weighted by molar-refractivity contribution is 5.92. The maximum Gasteiger partial charge on any atom is 0.238 e. The van der Waals surface area contributed by atoms with Gasteiger partial charge >= 0.3 is 0 Å². The standard InChI is InChI=1S/C32H32N4O3/c37-31(23-35-17-19-36(20-18-35)27-9-5-2-6-10-27)34-26-12-16-32(33-22-26)38-28-13-15-30-25(21-28)11-14-29(39-30)24-7-3-1-4-8-24/h1-10,12-13,15-16,21-22,29H,11,14,17-20,23H2,(H,34,37). The molecular formula is C32H32N4O3. The van der Waals surface area contributed by atoms with E-state index in [0.29, 0.717) is 18.1 Å². The van der Waals surface area contributed by atoms with Crippen molar-refractivity contribution < 1.29 is 14.3 Å². The molecule has 1 aromatic heterocycles. The first kappa shape index (κ1) is 24.9. The molecule has 1 unspecified atom stereocenters. The summed E-state index contributed by atoms with van der Waals surface area (Å²) in [5.74, 6) is 2.05. The Bertz CT molecular complexity index is 1390. The SMILES string of the molecule is O=C(CN1CCN(c2ccccc2)CC1)Nc1ccc(Oc2ccc3c(c2)CCC(c2ccccc2)O3)nc1. The zero-order chi connectivity index (χ0) is 26.4. The smallest absolute Gasteiger partial charge is 0.238 e. The minimum absolute atomic E-state index is 0.0397. The van der Waals surface area contributed by atoms with Crippen molar-refractivity contribution in [2.45, 2.75) is 18.9 Å². The van der Waals surface area contributed by atoms with Crippen LogP contribution in [0.1, 0.15) is 23.7 Å². The number of carbonyl (C=O) groups is 1. The fraction of sp³-hybridized carbons (Fsp3) is 0.250. The Kier molecular flexibility index (Phi) is 7.41. The molecule has 3 heterocycles. The van der Waals surface area contributed by atoms with Crippen LogP contribution in [0.25, 0.3) is 0 Å². The molecule has 2 aliphatic rings. The van der Waals surface area contributed by atoms with Crippen molar-refractivity contribution in [3.8, 4) is 17.4 Å². The average Bonchev–Trinajstić information content (AvgIpc) is 2.99. The summed E-state index contributed by atoms with van der Waals surface area (Å²) in [5.41, 5.74) is 4.22. The Morgan fingerprint density at radius 3 is 2.44 bits per heavy atom.